The van der Waals surface area contributed by atoms with Crippen molar-refractivity contribution in [3.63, 3.8) is 0 Å². The van der Waals surface area contributed by atoms with Crippen molar-refractivity contribution in [2.45, 2.75) is 44.6 Å². The molecular weight excluding hydrogens is 484 g/mol. The number of nitrogens with one attached hydrogen (secondary N) is 1. The average molecular weight is 515 g/mol. The molecule has 11 nitrogen and oxygen atoms in total. The number of hydrogen-bond acceptors (Lipinski definition) is 8. The van der Waals surface area contributed by atoms with Crippen molar-refractivity contribution in [1.29, 1.82) is 0 Å². The molecule has 2 heterocycles. The summed E-state index contributed by atoms with van der Waals surface area (Å²) >= 11 is 0. The molecule has 2 aliphatic rings. The fraction of sp³-hybridized carbons (Fsp3) is 0.423. The number of ether oxygens (including phenoxy) is 4. The maximum absolute atomic E-state index is 13.1. The SMILES string of the molecule is COc1ccc([C@H]2[C@H](C(=O)O)[C@@H](c3ccc4c(c3)OCO4)CN2C(OC(C)(C)C)C(=O)NC(=O)O)cc1. The first-order valence-corrected chi connectivity index (χ1v) is 11.7. The van der Waals surface area contributed by atoms with Gasteiger partial charge in [-0.25, -0.2) is 4.79 Å². The van der Waals surface area contributed by atoms with Crippen LogP contribution in [0.25, 0.3) is 0 Å². The third kappa shape index (κ3) is 5.62. The molecular formula is C26H30N2O9. The Labute approximate surface area is 213 Å². The number of fused-ring (bicyclic) bond motifs is 1. The first-order chi connectivity index (χ1) is 17.5. The third-order valence-electron chi connectivity index (χ3n) is 6.33. The zero-order valence-electron chi connectivity index (χ0n) is 21.0. The van der Waals surface area contributed by atoms with Crippen molar-refractivity contribution in [2.24, 2.45) is 5.92 Å². The lowest BCUT2D eigenvalue weighted by Crippen LogP contribution is -2.52. The van der Waals surface area contributed by atoms with Gasteiger partial charge in [-0.05, 0) is 56.2 Å². The van der Waals surface area contributed by atoms with Gasteiger partial charge in [-0.15, -0.1) is 0 Å². The van der Waals surface area contributed by atoms with Crippen LogP contribution in [0.1, 0.15) is 43.9 Å². The van der Waals surface area contributed by atoms with E-state index in [1.54, 1.807) is 68.1 Å². The van der Waals surface area contributed by atoms with Gasteiger partial charge in [0.15, 0.2) is 17.7 Å². The predicted octanol–water partition coefficient (Wildman–Crippen LogP) is 3.20. The van der Waals surface area contributed by atoms with Gasteiger partial charge in [0.1, 0.15) is 5.75 Å². The summed E-state index contributed by atoms with van der Waals surface area (Å²) in [4.78, 5) is 38.8. The van der Waals surface area contributed by atoms with Crippen molar-refractivity contribution >= 4 is 18.0 Å². The molecule has 0 aromatic heterocycles. The van der Waals surface area contributed by atoms with Crippen LogP contribution in [0.3, 0.4) is 0 Å². The Morgan fingerprint density at radius 3 is 2.27 bits per heavy atom. The van der Waals surface area contributed by atoms with E-state index in [0.29, 0.717) is 28.4 Å². The monoisotopic (exact) mass is 514 g/mol. The standard InChI is InChI=1S/C26H30N2O9/c1-26(2,3)37-23(22(29)27-25(32)33)28-12-17(15-7-10-18-19(11-15)36-13-35-18)20(24(30)31)21(28)14-5-8-16(34-4)9-6-14/h5-11,17,20-21,23H,12-13H2,1-4H3,(H,27,29)(H,30,31)(H,32,33)/t17-,20-,21+,23?/m1/s1. The maximum atomic E-state index is 13.1. The molecule has 37 heavy (non-hydrogen) atoms. The molecule has 11 heteroatoms. The molecule has 0 bridgehead atoms. The molecule has 0 radical (unpaired) electrons. The van der Waals surface area contributed by atoms with Crippen LogP contribution in [0.15, 0.2) is 42.5 Å². The minimum atomic E-state index is -1.53. The third-order valence-corrected chi connectivity index (χ3v) is 6.33. The van der Waals surface area contributed by atoms with Crippen molar-refractivity contribution < 1.29 is 43.5 Å². The fourth-order valence-corrected chi connectivity index (χ4v) is 4.86. The van der Waals surface area contributed by atoms with Gasteiger partial charge in [0.05, 0.1) is 24.7 Å². The number of amides is 2. The van der Waals surface area contributed by atoms with E-state index < -0.39 is 47.7 Å². The second-order valence-corrected chi connectivity index (χ2v) is 9.87. The van der Waals surface area contributed by atoms with Crippen LogP contribution in [-0.2, 0) is 14.3 Å². The summed E-state index contributed by atoms with van der Waals surface area (Å²) in [6.45, 7) is 5.37. The molecule has 0 aliphatic carbocycles. The Morgan fingerprint density at radius 2 is 1.68 bits per heavy atom. The number of hydrogen-bond donors (Lipinski definition) is 3. The van der Waals surface area contributed by atoms with Gasteiger partial charge in [-0.1, -0.05) is 18.2 Å². The van der Waals surface area contributed by atoms with E-state index in [9.17, 15) is 24.6 Å². The number of imide groups is 1. The van der Waals surface area contributed by atoms with Crippen molar-refractivity contribution in [3.05, 3.63) is 53.6 Å². The van der Waals surface area contributed by atoms with Gasteiger partial charge < -0.3 is 29.2 Å². The summed E-state index contributed by atoms with van der Waals surface area (Å²) in [5.74, 6) is -1.91. The van der Waals surface area contributed by atoms with Crippen LogP contribution in [0.4, 0.5) is 4.79 Å². The van der Waals surface area contributed by atoms with Gasteiger partial charge in [0.2, 0.25) is 6.79 Å². The fourth-order valence-electron chi connectivity index (χ4n) is 4.86. The summed E-state index contributed by atoms with van der Waals surface area (Å²) in [6, 6.07) is 11.3. The van der Waals surface area contributed by atoms with E-state index in [-0.39, 0.29) is 13.3 Å². The number of rotatable bonds is 7. The molecule has 198 valence electrons. The lowest BCUT2D eigenvalue weighted by molar-refractivity contribution is -0.169. The Kier molecular flexibility index (Phi) is 7.28. The molecule has 1 unspecified atom stereocenters. The summed E-state index contributed by atoms with van der Waals surface area (Å²) in [7, 11) is 1.52. The first-order valence-electron chi connectivity index (χ1n) is 11.7. The Balaban J connectivity index is 1.83. The quantitative estimate of drug-likeness (QED) is 0.504. The van der Waals surface area contributed by atoms with E-state index in [1.807, 2.05) is 5.32 Å². The predicted molar refractivity (Wildman–Crippen MR) is 130 cm³/mol. The molecule has 0 saturated carbocycles. The highest BCUT2D eigenvalue weighted by molar-refractivity contribution is 5.93. The number of likely N-dealkylation sites (tertiary alicyclic amines) is 1. The Hall–Kier alpha value is -3.83. The minimum absolute atomic E-state index is 0.0727. The van der Waals surface area contributed by atoms with Gasteiger partial charge >= 0.3 is 12.1 Å². The van der Waals surface area contributed by atoms with Crippen molar-refractivity contribution in [1.82, 2.24) is 10.2 Å². The molecule has 3 N–H and O–H groups in total. The molecule has 0 spiro atoms. The van der Waals surface area contributed by atoms with Crippen LogP contribution >= 0.6 is 0 Å². The van der Waals surface area contributed by atoms with Gasteiger partial charge in [0.25, 0.3) is 5.91 Å². The van der Waals surface area contributed by atoms with Crippen molar-refractivity contribution in [2.75, 3.05) is 20.4 Å². The number of benzene rings is 2. The number of carboxylic acid groups (broad SMARTS) is 2. The molecule has 2 amide bonds. The van der Waals surface area contributed by atoms with E-state index in [0.717, 1.165) is 0 Å². The molecule has 4 atom stereocenters. The maximum Gasteiger partial charge on any atom is 0.411 e. The van der Waals surface area contributed by atoms with E-state index in [4.69, 9.17) is 18.9 Å². The van der Waals surface area contributed by atoms with Crippen LogP contribution < -0.4 is 19.5 Å². The largest absolute Gasteiger partial charge is 0.497 e. The highest BCUT2D eigenvalue weighted by atomic mass is 16.7. The topological polar surface area (TPSA) is 144 Å². The van der Waals surface area contributed by atoms with Crippen LogP contribution in [0, 0.1) is 5.92 Å². The second kappa shape index (κ2) is 10.3. The average Bonchev–Trinajstić information content (AvgIpc) is 3.46. The molecule has 2 aromatic rings. The smallest absolute Gasteiger partial charge is 0.411 e. The summed E-state index contributed by atoms with van der Waals surface area (Å²) < 4.78 is 22.2. The number of carboxylic acids is 1. The molecule has 2 aliphatic heterocycles. The Morgan fingerprint density at radius 1 is 1.03 bits per heavy atom. The lowest BCUT2D eigenvalue weighted by Gasteiger charge is -2.36. The number of methoxy groups -OCH3 is 1. The zero-order valence-corrected chi connectivity index (χ0v) is 21.0. The van der Waals surface area contributed by atoms with E-state index in [2.05, 4.69) is 0 Å². The van der Waals surface area contributed by atoms with Crippen LogP contribution in [0.2, 0.25) is 0 Å². The lowest BCUT2D eigenvalue weighted by atomic mass is 9.82. The van der Waals surface area contributed by atoms with Crippen LogP contribution in [0.5, 0.6) is 17.2 Å². The summed E-state index contributed by atoms with van der Waals surface area (Å²) in [5.41, 5.74) is 0.452. The molecule has 4 rings (SSSR count). The second-order valence-electron chi connectivity index (χ2n) is 9.87. The number of carbonyl (C=O) groups excluding carboxylic acids is 1. The number of nitrogens with zero attached hydrogens (tertiary/aromatic N) is 1. The summed E-state index contributed by atoms with van der Waals surface area (Å²) in [6.07, 6.45) is -2.92. The number of carbonyl (C=O) groups is 3. The van der Waals surface area contributed by atoms with E-state index in [1.165, 1.54) is 7.11 Å². The minimum Gasteiger partial charge on any atom is -0.497 e. The van der Waals surface area contributed by atoms with Gasteiger partial charge in [0, 0.05) is 12.5 Å². The molecule has 2 aromatic carbocycles. The number of aliphatic carboxylic acids is 1. The molecule has 1 fully saturated rings. The normalized spacial score (nSPS) is 21.9. The highest BCUT2D eigenvalue weighted by Gasteiger charge is 2.52. The van der Waals surface area contributed by atoms with E-state index >= 15 is 0 Å². The van der Waals surface area contributed by atoms with Crippen LogP contribution in [-0.4, -0.2) is 65.4 Å². The molecule has 1 saturated heterocycles. The first kappa shape index (κ1) is 26.2. The summed E-state index contributed by atoms with van der Waals surface area (Å²) in [5, 5.41) is 21.6. The van der Waals surface area contributed by atoms with Gasteiger partial charge in [-0.3, -0.25) is 19.8 Å². The zero-order chi connectivity index (χ0) is 26.9. The Bertz CT molecular complexity index is 1180. The van der Waals surface area contributed by atoms with Gasteiger partial charge in [-0.2, -0.15) is 0 Å². The highest BCUT2D eigenvalue weighted by Crippen LogP contribution is 2.49. The van der Waals surface area contributed by atoms with Crippen molar-refractivity contribution in [3.8, 4) is 17.2 Å².